The van der Waals surface area contributed by atoms with E-state index in [1.165, 1.54) is 6.08 Å². The molecule has 0 unspecified atom stereocenters. The molecule has 14 heavy (non-hydrogen) atoms. The molecule has 3 nitrogen and oxygen atoms in total. The first-order chi connectivity index (χ1) is 6.63. The molecule has 0 saturated carbocycles. The van der Waals surface area contributed by atoms with Crippen molar-refractivity contribution in [2.24, 2.45) is 0 Å². The molecule has 0 spiro atoms. The fourth-order valence-corrected chi connectivity index (χ4v) is 1.16. The number of rotatable bonds is 3. The Morgan fingerprint density at radius 3 is 2.79 bits per heavy atom. The number of aliphatic carboxylic acids is 1. The van der Waals surface area contributed by atoms with Gasteiger partial charge in [-0.15, -0.1) is 0 Å². The SMILES string of the molecule is O=C(O)C=Cc1ccc(Cl)c(CO)c1. The molecule has 0 atom stereocenters. The second-order valence-corrected chi connectivity index (χ2v) is 3.09. The van der Waals surface area contributed by atoms with Gasteiger partial charge in [0.1, 0.15) is 0 Å². The predicted octanol–water partition coefficient (Wildman–Crippen LogP) is 1.93. The van der Waals surface area contributed by atoms with Crippen molar-refractivity contribution in [3.8, 4) is 0 Å². The molecule has 0 aliphatic carbocycles. The fourth-order valence-electron chi connectivity index (χ4n) is 0.987. The first kappa shape index (κ1) is 10.8. The number of carbonyl (C=O) groups is 1. The maximum absolute atomic E-state index is 10.2. The lowest BCUT2D eigenvalue weighted by molar-refractivity contribution is -0.131. The Labute approximate surface area is 86.3 Å². The summed E-state index contributed by atoms with van der Waals surface area (Å²) in [6.45, 7) is -0.159. The van der Waals surface area contributed by atoms with E-state index in [4.69, 9.17) is 21.8 Å². The molecular formula is C10H9ClO3. The summed E-state index contributed by atoms with van der Waals surface area (Å²) in [7, 11) is 0. The van der Waals surface area contributed by atoms with Crippen molar-refractivity contribution in [1.82, 2.24) is 0 Å². The topological polar surface area (TPSA) is 57.5 Å². The number of aliphatic hydroxyl groups excluding tert-OH is 1. The van der Waals surface area contributed by atoms with Crippen molar-refractivity contribution in [3.05, 3.63) is 40.4 Å². The Balaban J connectivity index is 2.95. The van der Waals surface area contributed by atoms with Gasteiger partial charge in [-0.1, -0.05) is 17.7 Å². The zero-order valence-electron chi connectivity index (χ0n) is 7.27. The molecule has 1 rings (SSSR count). The van der Waals surface area contributed by atoms with Gasteiger partial charge in [-0.3, -0.25) is 0 Å². The number of hydrogen-bond acceptors (Lipinski definition) is 2. The Bertz CT molecular complexity index is 372. The van der Waals surface area contributed by atoms with Crippen LogP contribution in [0.5, 0.6) is 0 Å². The van der Waals surface area contributed by atoms with Gasteiger partial charge in [-0.2, -0.15) is 0 Å². The Morgan fingerprint density at radius 1 is 1.50 bits per heavy atom. The minimum atomic E-state index is -1.01. The molecule has 2 N–H and O–H groups in total. The van der Waals surface area contributed by atoms with E-state index >= 15 is 0 Å². The van der Waals surface area contributed by atoms with Crippen molar-refractivity contribution < 1.29 is 15.0 Å². The number of carboxylic acids is 1. The van der Waals surface area contributed by atoms with Crippen molar-refractivity contribution in [3.63, 3.8) is 0 Å². The average molecular weight is 213 g/mol. The first-order valence-corrected chi connectivity index (χ1v) is 4.31. The number of benzene rings is 1. The van der Waals surface area contributed by atoms with Gasteiger partial charge in [0, 0.05) is 11.1 Å². The lowest BCUT2D eigenvalue weighted by atomic mass is 10.1. The number of hydrogen-bond donors (Lipinski definition) is 2. The van der Waals surface area contributed by atoms with E-state index in [9.17, 15) is 4.79 Å². The van der Waals surface area contributed by atoms with E-state index in [0.717, 1.165) is 6.08 Å². The molecule has 0 aliphatic heterocycles. The molecule has 0 fully saturated rings. The molecule has 74 valence electrons. The van der Waals surface area contributed by atoms with Gasteiger partial charge in [0.05, 0.1) is 6.61 Å². The standard InChI is InChI=1S/C10H9ClO3/c11-9-3-1-7(2-4-10(13)14)5-8(9)6-12/h1-5,12H,6H2,(H,13,14). The lowest BCUT2D eigenvalue weighted by Crippen LogP contribution is -1.88. The highest BCUT2D eigenvalue weighted by Crippen LogP contribution is 2.18. The highest BCUT2D eigenvalue weighted by Gasteiger charge is 1.99. The van der Waals surface area contributed by atoms with Crippen LogP contribution in [0.4, 0.5) is 0 Å². The molecular weight excluding hydrogens is 204 g/mol. The van der Waals surface area contributed by atoms with E-state index in [0.29, 0.717) is 16.1 Å². The van der Waals surface area contributed by atoms with Gasteiger partial charge in [-0.05, 0) is 29.3 Å². The Hall–Kier alpha value is -1.32. The summed E-state index contributed by atoms with van der Waals surface area (Å²) in [5.74, 6) is -1.01. The predicted molar refractivity (Wildman–Crippen MR) is 54.0 cm³/mol. The molecule has 0 aromatic heterocycles. The average Bonchev–Trinajstić information content (AvgIpc) is 2.16. The summed E-state index contributed by atoms with van der Waals surface area (Å²) in [6.07, 6.45) is 2.47. The highest BCUT2D eigenvalue weighted by atomic mass is 35.5. The third-order valence-corrected chi connectivity index (χ3v) is 2.03. The van der Waals surface area contributed by atoms with Crippen LogP contribution in [0.15, 0.2) is 24.3 Å². The Kier molecular flexibility index (Phi) is 3.68. The van der Waals surface area contributed by atoms with Crippen LogP contribution in [0.25, 0.3) is 6.08 Å². The Morgan fingerprint density at radius 2 is 2.21 bits per heavy atom. The van der Waals surface area contributed by atoms with E-state index in [-0.39, 0.29) is 6.61 Å². The highest BCUT2D eigenvalue weighted by molar-refractivity contribution is 6.31. The fraction of sp³-hybridized carbons (Fsp3) is 0.100. The molecule has 0 saturated heterocycles. The molecule has 0 aliphatic rings. The maximum atomic E-state index is 10.2. The summed E-state index contributed by atoms with van der Waals surface area (Å²) in [5, 5.41) is 17.8. The molecule has 4 heteroatoms. The van der Waals surface area contributed by atoms with Gasteiger partial charge in [0.2, 0.25) is 0 Å². The second-order valence-electron chi connectivity index (χ2n) is 2.68. The quantitative estimate of drug-likeness (QED) is 0.753. The van der Waals surface area contributed by atoms with Gasteiger partial charge in [-0.25, -0.2) is 4.79 Å². The van der Waals surface area contributed by atoms with Crippen LogP contribution < -0.4 is 0 Å². The van der Waals surface area contributed by atoms with Crippen LogP contribution in [0.3, 0.4) is 0 Å². The summed E-state index contributed by atoms with van der Waals surface area (Å²) in [5.41, 5.74) is 1.28. The third-order valence-electron chi connectivity index (χ3n) is 1.66. The lowest BCUT2D eigenvalue weighted by Gasteiger charge is -2.01. The van der Waals surface area contributed by atoms with Crippen LogP contribution in [-0.4, -0.2) is 16.2 Å². The minimum absolute atomic E-state index is 0.159. The van der Waals surface area contributed by atoms with Crippen molar-refractivity contribution in [2.75, 3.05) is 0 Å². The number of carboxylic acid groups (broad SMARTS) is 1. The van der Waals surface area contributed by atoms with Crippen molar-refractivity contribution in [2.45, 2.75) is 6.61 Å². The van der Waals surface area contributed by atoms with E-state index in [1.807, 2.05) is 0 Å². The van der Waals surface area contributed by atoms with E-state index < -0.39 is 5.97 Å². The number of halogens is 1. The van der Waals surface area contributed by atoms with Gasteiger partial charge in [0.25, 0.3) is 0 Å². The number of aliphatic hydroxyl groups is 1. The molecule has 0 bridgehead atoms. The van der Waals surface area contributed by atoms with Gasteiger partial charge in [0.15, 0.2) is 0 Å². The zero-order valence-corrected chi connectivity index (χ0v) is 8.03. The first-order valence-electron chi connectivity index (χ1n) is 3.94. The van der Waals surface area contributed by atoms with Gasteiger partial charge < -0.3 is 10.2 Å². The smallest absolute Gasteiger partial charge is 0.328 e. The normalized spacial score (nSPS) is 10.7. The summed E-state index contributed by atoms with van der Waals surface area (Å²) < 4.78 is 0. The summed E-state index contributed by atoms with van der Waals surface area (Å²) >= 11 is 5.76. The van der Waals surface area contributed by atoms with Crippen molar-refractivity contribution in [1.29, 1.82) is 0 Å². The van der Waals surface area contributed by atoms with E-state index in [1.54, 1.807) is 18.2 Å². The second kappa shape index (κ2) is 4.79. The molecule has 1 aromatic rings. The van der Waals surface area contributed by atoms with Crippen LogP contribution in [0.1, 0.15) is 11.1 Å². The minimum Gasteiger partial charge on any atom is -0.478 e. The zero-order chi connectivity index (χ0) is 10.6. The summed E-state index contributed by atoms with van der Waals surface area (Å²) in [6, 6.07) is 4.94. The van der Waals surface area contributed by atoms with Crippen LogP contribution in [-0.2, 0) is 11.4 Å². The monoisotopic (exact) mass is 212 g/mol. The van der Waals surface area contributed by atoms with Gasteiger partial charge >= 0.3 is 5.97 Å². The summed E-state index contributed by atoms with van der Waals surface area (Å²) in [4.78, 5) is 10.2. The van der Waals surface area contributed by atoms with Crippen LogP contribution >= 0.6 is 11.6 Å². The molecule has 1 aromatic carbocycles. The van der Waals surface area contributed by atoms with Crippen LogP contribution in [0, 0.1) is 0 Å². The molecule has 0 amide bonds. The maximum Gasteiger partial charge on any atom is 0.328 e. The molecule has 0 heterocycles. The molecule has 0 radical (unpaired) electrons. The largest absolute Gasteiger partial charge is 0.478 e. The van der Waals surface area contributed by atoms with Crippen LogP contribution in [0.2, 0.25) is 5.02 Å². The van der Waals surface area contributed by atoms with Crippen molar-refractivity contribution >= 4 is 23.6 Å². The third kappa shape index (κ3) is 2.87. The van der Waals surface area contributed by atoms with E-state index in [2.05, 4.69) is 0 Å².